The zero-order valence-corrected chi connectivity index (χ0v) is 16.0. The number of anilines is 1. The number of hydrogen-bond acceptors (Lipinski definition) is 6. The molecule has 7 nitrogen and oxygen atoms in total. The molecule has 0 radical (unpaired) electrons. The van der Waals surface area contributed by atoms with Crippen molar-refractivity contribution in [3.05, 3.63) is 59.9 Å². The molecule has 9 heteroatoms. The average molecular weight is 400 g/mol. The first-order chi connectivity index (χ1) is 13.4. The summed E-state index contributed by atoms with van der Waals surface area (Å²) in [5.74, 6) is -0.756. The number of carbonyl (C=O) groups is 2. The normalized spacial score (nSPS) is 10.5. The molecule has 144 valence electrons. The van der Waals surface area contributed by atoms with Gasteiger partial charge >= 0.3 is 0 Å². The first kappa shape index (κ1) is 19.6. The third-order valence-corrected chi connectivity index (χ3v) is 4.48. The number of aromatic nitrogens is 2. The van der Waals surface area contributed by atoms with Crippen LogP contribution in [0.4, 0.5) is 10.1 Å². The summed E-state index contributed by atoms with van der Waals surface area (Å²) in [6, 6.07) is 12.7. The van der Waals surface area contributed by atoms with E-state index >= 15 is 0 Å². The number of carbonyl (C=O) groups excluding carboxylic acids is 2. The summed E-state index contributed by atoms with van der Waals surface area (Å²) < 4.78 is 19.1. The molecular weight excluding hydrogens is 383 g/mol. The van der Waals surface area contributed by atoms with Crippen LogP contribution in [0.5, 0.6) is 0 Å². The Morgan fingerprint density at radius 3 is 2.50 bits per heavy atom. The Morgan fingerprint density at radius 2 is 1.82 bits per heavy atom. The van der Waals surface area contributed by atoms with Gasteiger partial charge in [-0.25, -0.2) is 4.39 Å². The van der Waals surface area contributed by atoms with Crippen molar-refractivity contribution < 1.29 is 18.4 Å². The predicted molar refractivity (Wildman–Crippen MR) is 104 cm³/mol. The molecule has 0 aliphatic carbocycles. The highest BCUT2D eigenvalue weighted by molar-refractivity contribution is 7.99. The van der Waals surface area contributed by atoms with Crippen LogP contribution in [-0.2, 0) is 4.79 Å². The van der Waals surface area contributed by atoms with Gasteiger partial charge in [0.05, 0.1) is 11.3 Å². The Bertz CT molecular complexity index is 989. The maximum absolute atomic E-state index is 13.7. The molecule has 0 aliphatic heterocycles. The summed E-state index contributed by atoms with van der Waals surface area (Å²) in [5, 5.41) is 10.5. The van der Waals surface area contributed by atoms with Crippen molar-refractivity contribution in [1.82, 2.24) is 15.1 Å². The van der Waals surface area contributed by atoms with Crippen LogP contribution >= 0.6 is 11.8 Å². The molecule has 1 heterocycles. The molecule has 0 bridgehead atoms. The van der Waals surface area contributed by atoms with Gasteiger partial charge < -0.3 is 14.6 Å². The summed E-state index contributed by atoms with van der Waals surface area (Å²) in [7, 11) is 3.34. The van der Waals surface area contributed by atoms with Gasteiger partial charge in [-0.15, -0.1) is 10.2 Å². The molecular formula is C19H17FN4O3S. The fraction of sp³-hybridized carbons (Fsp3) is 0.158. The lowest BCUT2D eigenvalue weighted by Crippen LogP contribution is -2.21. The van der Waals surface area contributed by atoms with Gasteiger partial charge in [0, 0.05) is 25.3 Å². The molecule has 3 aromatic rings. The van der Waals surface area contributed by atoms with Crippen LogP contribution < -0.4 is 5.32 Å². The number of benzene rings is 2. The summed E-state index contributed by atoms with van der Waals surface area (Å²) in [5.41, 5.74) is 1.31. The number of nitrogens with zero attached hydrogens (tertiary/aromatic N) is 3. The SMILES string of the molecule is CN(C)C(=O)c1ccc(NC(=O)CSc2nnc(-c3ccccc3F)o2)cc1. The third kappa shape index (κ3) is 4.74. The van der Waals surface area contributed by atoms with Crippen LogP contribution in [0.25, 0.3) is 11.5 Å². The zero-order chi connectivity index (χ0) is 20.1. The zero-order valence-electron chi connectivity index (χ0n) is 15.2. The van der Waals surface area contributed by atoms with E-state index in [0.717, 1.165) is 11.8 Å². The van der Waals surface area contributed by atoms with Gasteiger partial charge in [-0.05, 0) is 36.4 Å². The van der Waals surface area contributed by atoms with Crippen LogP contribution in [-0.4, -0.2) is 46.8 Å². The molecule has 0 fully saturated rings. The van der Waals surface area contributed by atoms with E-state index in [1.165, 1.54) is 17.0 Å². The lowest BCUT2D eigenvalue weighted by molar-refractivity contribution is -0.113. The molecule has 3 rings (SSSR count). The van der Waals surface area contributed by atoms with Gasteiger partial charge in [0.1, 0.15) is 5.82 Å². The highest BCUT2D eigenvalue weighted by Gasteiger charge is 2.14. The number of amides is 2. The van der Waals surface area contributed by atoms with Crippen LogP contribution in [0, 0.1) is 5.82 Å². The number of hydrogen-bond donors (Lipinski definition) is 1. The minimum atomic E-state index is -0.461. The molecule has 1 aromatic heterocycles. The van der Waals surface area contributed by atoms with Crippen molar-refractivity contribution in [2.45, 2.75) is 5.22 Å². The second kappa shape index (κ2) is 8.66. The molecule has 0 saturated carbocycles. The van der Waals surface area contributed by atoms with Gasteiger partial charge in [0.2, 0.25) is 5.91 Å². The maximum Gasteiger partial charge on any atom is 0.277 e. The number of rotatable bonds is 6. The van der Waals surface area contributed by atoms with Crippen LogP contribution in [0.3, 0.4) is 0 Å². The monoisotopic (exact) mass is 400 g/mol. The highest BCUT2D eigenvalue weighted by atomic mass is 32.2. The van der Waals surface area contributed by atoms with E-state index in [0.29, 0.717) is 11.3 Å². The second-order valence-electron chi connectivity index (χ2n) is 5.97. The molecule has 0 spiro atoms. The van der Waals surface area contributed by atoms with E-state index in [1.54, 1.807) is 50.5 Å². The van der Waals surface area contributed by atoms with Crippen molar-refractivity contribution in [1.29, 1.82) is 0 Å². The van der Waals surface area contributed by atoms with Crippen molar-refractivity contribution >= 4 is 29.3 Å². The van der Waals surface area contributed by atoms with Crippen molar-refractivity contribution in [3.63, 3.8) is 0 Å². The largest absolute Gasteiger partial charge is 0.411 e. The number of nitrogens with one attached hydrogen (secondary N) is 1. The Balaban J connectivity index is 1.55. The molecule has 0 atom stereocenters. The van der Waals surface area contributed by atoms with Gasteiger partial charge in [-0.2, -0.15) is 0 Å². The Morgan fingerprint density at radius 1 is 1.11 bits per heavy atom. The predicted octanol–water partition coefficient (Wildman–Crippen LogP) is 3.31. The van der Waals surface area contributed by atoms with E-state index in [1.807, 2.05) is 0 Å². The van der Waals surface area contributed by atoms with Gasteiger partial charge in [-0.1, -0.05) is 23.9 Å². The van der Waals surface area contributed by atoms with Crippen LogP contribution in [0.1, 0.15) is 10.4 Å². The molecule has 0 unspecified atom stereocenters. The summed E-state index contributed by atoms with van der Waals surface area (Å²) in [4.78, 5) is 25.4. The fourth-order valence-electron chi connectivity index (χ4n) is 2.29. The second-order valence-corrected chi connectivity index (χ2v) is 6.89. The quantitative estimate of drug-likeness (QED) is 0.639. The standard InChI is InChI=1S/C19H17FN4O3S/c1-24(2)18(26)12-7-9-13(10-8-12)21-16(25)11-28-19-23-22-17(27-19)14-5-3-4-6-15(14)20/h3-10H,11H2,1-2H3,(H,21,25). The minimum absolute atomic E-state index is 0.0390. The Hall–Kier alpha value is -3.20. The van der Waals surface area contributed by atoms with E-state index in [2.05, 4.69) is 15.5 Å². The lowest BCUT2D eigenvalue weighted by Gasteiger charge is -2.10. The van der Waals surface area contributed by atoms with Gasteiger partial charge in [0.25, 0.3) is 17.0 Å². The first-order valence-electron chi connectivity index (χ1n) is 8.27. The maximum atomic E-state index is 13.7. The Labute approximate surface area is 164 Å². The lowest BCUT2D eigenvalue weighted by atomic mass is 10.2. The van der Waals surface area contributed by atoms with Crippen LogP contribution in [0.15, 0.2) is 58.2 Å². The topological polar surface area (TPSA) is 88.3 Å². The van der Waals surface area contributed by atoms with Crippen LogP contribution in [0.2, 0.25) is 0 Å². The highest BCUT2D eigenvalue weighted by Crippen LogP contribution is 2.25. The van der Waals surface area contributed by atoms with E-state index in [9.17, 15) is 14.0 Å². The van der Waals surface area contributed by atoms with Gasteiger partial charge in [0.15, 0.2) is 0 Å². The molecule has 0 aliphatic rings. The molecule has 1 N–H and O–H groups in total. The molecule has 2 amide bonds. The van der Waals surface area contributed by atoms with Crippen molar-refractivity contribution in [2.24, 2.45) is 0 Å². The third-order valence-electron chi connectivity index (χ3n) is 3.66. The average Bonchev–Trinajstić information content (AvgIpc) is 3.15. The van der Waals surface area contributed by atoms with Crippen molar-refractivity contribution in [3.8, 4) is 11.5 Å². The fourth-order valence-corrected chi connectivity index (χ4v) is 2.85. The van der Waals surface area contributed by atoms with Gasteiger partial charge in [-0.3, -0.25) is 9.59 Å². The first-order valence-corrected chi connectivity index (χ1v) is 9.25. The molecule has 0 saturated heterocycles. The molecule has 28 heavy (non-hydrogen) atoms. The van der Waals surface area contributed by atoms with E-state index < -0.39 is 5.82 Å². The molecule has 2 aromatic carbocycles. The Kier molecular flexibility index (Phi) is 6.05. The van der Waals surface area contributed by atoms with Crippen molar-refractivity contribution in [2.75, 3.05) is 25.2 Å². The van der Waals surface area contributed by atoms with E-state index in [4.69, 9.17) is 4.42 Å². The summed E-state index contributed by atoms with van der Waals surface area (Å²) >= 11 is 1.05. The smallest absolute Gasteiger partial charge is 0.277 e. The number of thioether (sulfide) groups is 1. The number of halogens is 1. The summed E-state index contributed by atoms with van der Waals surface area (Å²) in [6.45, 7) is 0. The minimum Gasteiger partial charge on any atom is -0.411 e. The summed E-state index contributed by atoms with van der Waals surface area (Å²) in [6.07, 6.45) is 0. The van der Waals surface area contributed by atoms with E-state index in [-0.39, 0.29) is 34.2 Å².